The fourth-order valence-electron chi connectivity index (χ4n) is 1.56. The molecule has 15 heavy (non-hydrogen) atoms. The number of nitrogens with zero attached hydrogens (tertiary/aromatic N) is 2. The predicted molar refractivity (Wildman–Crippen MR) is 49.1 cm³/mol. The van der Waals surface area contributed by atoms with Crippen LogP contribution in [0.2, 0.25) is 0 Å². The number of carboxylic acids is 1. The van der Waals surface area contributed by atoms with Crippen molar-refractivity contribution in [3.05, 3.63) is 0 Å². The Labute approximate surface area is 88.6 Å². The number of nitriles is 1. The van der Waals surface area contributed by atoms with Gasteiger partial charge in [0.25, 0.3) is 0 Å². The molecule has 86 valence electrons. The summed E-state index contributed by atoms with van der Waals surface area (Å²) in [6.45, 7) is 0.0538. The van der Waals surface area contributed by atoms with Crippen LogP contribution in [0.15, 0.2) is 0 Å². The molecule has 0 bridgehead atoms. The van der Waals surface area contributed by atoms with Gasteiger partial charge < -0.3 is 24.6 Å². The number of hydrogen-bond acceptors (Lipinski definition) is 5. The summed E-state index contributed by atoms with van der Waals surface area (Å²) < 4.78 is -0.0110. The molecular weight excluding hydrogens is 200 g/mol. The summed E-state index contributed by atoms with van der Waals surface area (Å²) in [5.74, 6) is -1.24. The highest BCUT2D eigenvalue weighted by atomic mass is 16.4. The van der Waals surface area contributed by atoms with Crippen molar-refractivity contribution in [2.24, 2.45) is 0 Å². The summed E-state index contributed by atoms with van der Waals surface area (Å²) in [5.41, 5.74) is 0. The van der Waals surface area contributed by atoms with Crippen LogP contribution in [0.1, 0.15) is 6.42 Å². The Hall–Kier alpha value is -1.16. The molecule has 2 N–H and O–H groups in total. The second kappa shape index (κ2) is 7.17. The zero-order valence-corrected chi connectivity index (χ0v) is 8.56. The molecular formula is C9H16N2O4. The lowest BCUT2D eigenvalue weighted by molar-refractivity contribution is -0.922. The number of carbonyl (C=O) groups is 1. The van der Waals surface area contributed by atoms with E-state index in [9.17, 15) is 9.90 Å². The van der Waals surface area contributed by atoms with Gasteiger partial charge in [-0.25, -0.2) is 0 Å². The average molecular weight is 216 g/mol. The topological polar surface area (TPSA) is 104 Å². The van der Waals surface area contributed by atoms with Crippen molar-refractivity contribution < 1.29 is 24.6 Å². The fraction of sp³-hybridized carbons (Fsp3) is 0.778. The Morgan fingerprint density at radius 1 is 1.27 bits per heavy atom. The zero-order chi connectivity index (χ0) is 11.7. The molecule has 6 nitrogen and oxygen atoms in total. The largest absolute Gasteiger partial charge is 0.544 e. The van der Waals surface area contributed by atoms with Gasteiger partial charge in [-0.3, -0.25) is 0 Å². The Morgan fingerprint density at radius 3 is 2.13 bits per heavy atom. The number of carboxylic acid groups (broad SMARTS) is 1. The maximum atomic E-state index is 10.6. The van der Waals surface area contributed by atoms with E-state index in [0.29, 0.717) is 6.54 Å². The summed E-state index contributed by atoms with van der Waals surface area (Å²) >= 11 is 0. The van der Waals surface area contributed by atoms with E-state index in [1.54, 1.807) is 0 Å². The second-order valence-corrected chi connectivity index (χ2v) is 3.40. The van der Waals surface area contributed by atoms with Crippen molar-refractivity contribution in [3.63, 3.8) is 0 Å². The molecule has 0 rings (SSSR count). The van der Waals surface area contributed by atoms with E-state index in [-0.39, 0.29) is 43.8 Å². The molecule has 0 aromatic heterocycles. The number of aliphatic hydroxyl groups excluding tert-OH is 2. The Bertz CT molecular complexity index is 231. The normalized spacial score (nSPS) is 11.0. The monoisotopic (exact) mass is 216 g/mol. The average Bonchev–Trinajstić information content (AvgIpc) is 2.14. The molecule has 0 aliphatic rings. The van der Waals surface area contributed by atoms with Gasteiger partial charge in [-0.15, -0.1) is 0 Å². The van der Waals surface area contributed by atoms with Crippen LogP contribution in [-0.4, -0.2) is 60.1 Å². The van der Waals surface area contributed by atoms with Crippen LogP contribution >= 0.6 is 0 Å². The quantitative estimate of drug-likeness (QED) is 0.435. The van der Waals surface area contributed by atoms with Gasteiger partial charge in [0, 0.05) is 0 Å². The highest BCUT2D eigenvalue weighted by molar-refractivity contribution is 5.65. The van der Waals surface area contributed by atoms with E-state index in [0.717, 1.165) is 0 Å². The van der Waals surface area contributed by atoms with Crippen LogP contribution in [0, 0.1) is 11.3 Å². The number of quaternary nitrogens is 1. The zero-order valence-electron chi connectivity index (χ0n) is 8.56. The lowest BCUT2D eigenvalue weighted by Crippen LogP contribution is -2.57. The fourth-order valence-corrected chi connectivity index (χ4v) is 1.56. The van der Waals surface area contributed by atoms with E-state index >= 15 is 0 Å². The van der Waals surface area contributed by atoms with Crippen LogP contribution in [0.25, 0.3) is 0 Å². The van der Waals surface area contributed by atoms with Crippen molar-refractivity contribution >= 4 is 5.97 Å². The molecule has 0 heterocycles. The lowest BCUT2D eigenvalue weighted by atomic mass is 10.2. The highest BCUT2D eigenvalue weighted by Crippen LogP contribution is 2.07. The molecule has 6 heteroatoms. The number of aliphatic hydroxyl groups is 2. The molecule has 0 radical (unpaired) electrons. The Morgan fingerprint density at radius 2 is 1.80 bits per heavy atom. The Kier molecular flexibility index (Phi) is 6.62. The molecule has 0 fully saturated rings. The van der Waals surface area contributed by atoms with Gasteiger partial charge >= 0.3 is 0 Å². The molecule has 0 aliphatic carbocycles. The minimum absolute atomic E-state index is 0.0110. The van der Waals surface area contributed by atoms with Gasteiger partial charge in [0.1, 0.15) is 19.6 Å². The highest BCUT2D eigenvalue weighted by Gasteiger charge is 2.26. The summed E-state index contributed by atoms with van der Waals surface area (Å²) in [6.07, 6.45) is 0.188. The first kappa shape index (κ1) is 13.8. The van der Waals surface area contributed by atoms with Crippen molar-refractivity contribution in [3.8, 4) is 6.07 Å². The summed E-state index contributed by atoms with van der Waals surface area (Å²) in [5, 5.41) is 36.7. The molecule has 0 saturated carbocycles. The number of rotatable bonds is 8. The number of hydrogen-bond donors (Lipinski definition) is 2. The summed E-state index contributed by atoms with van der Waals surface area (Å²) in [4.78, 5) is 10.6. The van der Waals surface area contributed by atoms with Gasteiger partial charge in [0.05, 0.1) is 38.2 Å². The SMILES string of the molecule is N#CCC[N+](CCO)(CCO)CC(=O)[O-]. The van der Waals surface area contributed by atoms with E-state index in [1.807, 2.05) is 6.07 Å². The number of carbonyl (C=O) groups excluding carboxylic acids is 1. The molecule has 0 aromatic carbocycles. The molecule has 0 aromatic rings. The van der Waals surface area contributed by atoms with Crippen molar-refractivity contribution in [2.75, 3.05) is 39.4 Å². The summed E-state index contributed by atoms with van der Waals surface area (Å²) in [6, 6.07) is 1.92. The van der Waals surface area contributed by atoms with Gasteiger partial charge in [-0.05, 0) is 0 Å². The first-order chi connectivity index (χ1) is 7.10. The molecule has 0 aliphatic heterocycles. The van der Waals surface area contributed by atoms with Crippen molar-refractivity contribution in [2.45, 2.75) is 6.42 Å². The lowest BCUT2D eigenvalue weighted by Gasteiger charge is -2.37. The molecule has 0 unspecified atom stereocenters. The third kappa shape index (κ3) is 5.32. The maximum Gasteiger partial charge on any atom is 0.119 e. The van der Waals surface area contributed by atoms with Crippen molar-refractivity contribution in [1.82, 2.24) is 0 Å². The van der Waals surface area contributed by atoms with Crippen LogP contribution in [0.5, 0.6) is 0 Å². The van der Waals surface area contributed by atoms with Crippen LogP contribution in [0.4, 0.5) is 0 Å². The molecule has 0 amide bonds. The minimum Gasteiger partial charge on any atom is -0.544 e. The first-order valence-corrected chi connectivity index (χ1v) is 4.74. The second-order valence-electron chi connectivity index (χ2n) is 3.40. The van der Waals surface area contributed by atoms with Crippen LogP contribution in [-0.2, 0) is 4.79 Å². The van der Waals surface area contributed by atoms with E-state index < -0.39 is 5.97 Å². The third-order valence-corrected chi connectivity index (χ3v) is 2.31. The van der Waals surface area contributed by atoms with Gasteiger partial charge in [0.15, 0.2) is 0 Å². The van der Waals surface area contributed by atoms with Gasteiger partial charge in [-0.2, -0.15) is 5.26 Å². The minimum atomic E-state index is -1.24. The molecule has 0 atom stereocenters. The third-order valence-electron chi connectivity index (χ3n) is 2.31. The van der Waals surface area contributed by atoms with E-state index in [1.165, 1.54) is 0 Å². The number of aliphatic carboxylic acids is 1. The van der Waals surface area contributed by atoms with Crippen LogP contribution < -0.4 is 5.11 Å². The summed E-state index contributed by atoms with van der Waals surface area (Å²) in [7, 11) is 0. The first-order valence-electron chi connectivity index (χ1n) is 4.74. The molecule has 0 saturated heterocycles. The van der Waals surface area contributed by atoms with Gasteiger partial charge in [-0.1, -0.05) is 0 Å². The van der Waals surface area contributed by atoms with Crippen molar-refractivity contribution in [1.29, 1.82) is 5.26 Å². The standard InChI is InChI=1S/C9H16N2O4/c10-2-1-3-11(4-6-12,5-7-13)8-9(14)15/h12-13H,1,3-8H2. The van der Waals surface area contributed by atoms with E-state index in [2.05, 4.69) is 0 Å². The van der Waals surface area contributed by atoms with E-state index in [4.69, 9.17) is 15.5 Å². The van der Waals surface area contributed by atoms with Gasteiger partial charge in [0.2, 0.25) is 0 Å². The molecule has 0 spiro atoms. The Balaban J connectivity index is 4.55. The predicted octanol–water partition coefficient (Wildman–Crippen LogP) is -2.55. The van der Waals surface area contributed by atoms with Crippen LogP contribution in [0.3, 0.4) is 0 Å². The smallest absolute Gasteiger partial charge is 0.119 e. The maximum absolute atomic E-state index is 10.6.